The van der Waals surface area contributed by atoms with Crippen molar-refractivity contribution in [3.8, 4) is 0 Å². The number of hydrogen-bond acceptors (Lipinski definition) is 4. The molecule has 0 fully saturated rings. The Morgan fingerprint density at radius 3 is 2.63 bits per heavy atom. The quantitative estimate of drug-likeness (QED) is 0.839. The number of carbonyl (C=O) groups is 1. The van der Waals surface area contributed by atoms with Gasteiger partial charge in [-0.25, -0.2) is 0 Å². The first-order valence-corrected chi connectivity index (χ1v) is 9.13. The maximum absolute atomic E-state index is 12.5. The number of amides is 1. The molecule has 3 rings (SSSR count). The van der Waals surface area contributed by atoms with Crippen molar-refractivity contribution in [3.63, 3.8) is 0 Å². The fourth-order valence-electron chi connectivity index (χ4n) is 3.62. The van der Waals surface area contributed by atoms with Gasteiger partial charge in [-0.2, -0.15) is 0 Å². The highest BCUT2D eigenvalue weighted by atomic mass is 16.2. The van der Waals surface area contributed by atoms with E-state index in [1.807, 2.05) is 45.2 Å². The van der Waals surface area contributed by atoms with Crippen LogP contribution < -0.4 is 10.6 Å². The summed E-state index contributed by atoms with van der Waals surface area (Å²) >= 11 is 0. The molecule has 0 atom stereocenters. The second-order valence-electron chi connectivity index (χ2n) is 7.76. The average Bonchev–Trinajstić information content (AvgIpc) is 2.82. The van der Waals surface area contributed by atoms with Crippen LogP contribution >= 0.6 is 0 Å². The van der Waals surface area contributed by atoms with Crippen LogP contribution in [0.5, 0.6) is 0 Å². The fraction of sp³-hybridized carbons (Fsp3) is 0.364. The Morgan fingerprint density at radius 1 is 1.30 bits per heavy atom. The first kappa shape index (κ1) is 19.0. The van der Waals surface area contributed by atoms with E-state index in [4.69, 9.17) is 5.73 Å². The number of aliphatic imine (C=N–C) groups is 1. The lowest BCUT2D eigenvalue weighted by Gasteiger charge is -2.23. The van der Waals surface area contributed by atoms with Gasteiger partial charge in [0.15, 0.2) is 0 Å². The zero-order chi connectivity index (χ0) is 19.9. The molecule has 0 saturated carbocycles. The highest BCUT2D eigenvalue weighted by Gasteiger charge is 2.42. The van der Waals surface area contributed by atoms with Gasteiger partial charge in [-0.3, -0.25) is 9.79 Å². The van der Waals surface area contributed by atoms with Gasteiger partial charge in [0.1, 0.15) is 0 Å². The van der Waals surface area contributed by atoms with Crippen molar-refractivity contribution in [2.75, 3.05) is 32.6 Å². The molecule has 142 valence electrons. The van der Waals surface area contributed by atoms with Crippen LogP contribution in [0.4, 0.5) is 5.69 Å². The Hall–Kier alpha value is -2.82. The van der Waals surface area contributed by atoms with Crippen molar-refractivity contribution < 1.29 is 4.79 Å². The summed E-state index contributed by atoms with van der Waals surface area (Å²) in [4.78, 5) is 20.8. The van der Waals surface area contributed by atoms with Crippen molar-refractivity contribution in [1.29, 1.82) is 0 Å². The summed E-state index contributed by atoms with van der Waals surface area (Å²) in [5.41, 5.74) is 12.5. The van der Waals surface area contributed by atoms with Gasteiger partial charge in [0.05, 0.1) is 11.1 Å². The lowest BCUT2D eigenvalue weighted by Crippen LogP contribution is -2.33. The molecule has 0 aromatic heterocycles. The minimum atomic E-state index is -0.502. The molecule has 0 unspecified atom stereocenters. The molecule has 1 aromatic carbocycles. The van der Waals surface area contributed by atoms with Crippen LogP contribution in [0.3, 0.4) is 0 Å². The van der Waals surface area contributed by atoms with E-state index in [2.05, 4.69) is 36.0 Å². The van der Waals surface area contributed by atoms with E-state index in [-0.39, 0.29) is 5.91 Å². The second-order valence-corrected chi connectivity index (χ2v) is 7.76. The molecule has 2 aliphatic heterocycles. The number of rotatable bonds is 3. The molecule has 0 spiro atoms. The van der Waals surface area contributed by atoms with Crippen LogP contribution in [0.25, 0.3) is 5.70 Å². The molecule has 5 heteroatoms. The van der Waals surface area contributed by atoms with E-state index in [0.29, 0.717) is 5.70 Å². The van der Waals surface area contributed by atoms with Gasteiger partial charge < -0.3 is 15.5 Å². The topological polar surface area (TPSA) is 61.9 Å². The van der Waals surface area contributed by atoms with E-state index < -0.39 is 5.41 Å². The molecule has 0 aliphatic carbocycles. The highest BCUT2D eigenvalue weighted by Crippen LogP contribution is 2.41. The number of nitrogens with two attached hydrogens (primary N) is 1. The van der Waals surface area contributed by atoms with Gasteiger partial charge in [-0.1, -0.05) is 18.2 Å². The van der Waals surface area contributed by atoms with Crippen molar-refractivity contribution in [1.82, 2.24) is 4.90 Å². The predicted octanol–water partition coefficient (Wildman–Crippen LogP) is 3.09. The summed E-state index contributed by atoms with van der Waals surface area (Å²) in [6.07, 6.45) is 6.18. The number of carbonyl (C=O) groups excluding carboxylic acids is 1. The normalized spacial score (nSPS) is 19.9. The molecule has 1 aromatic rings. The van der Waals surface area contributed by atoms with Gasteiger partial charge in [-0.15, -0.1) is 0 Å². The number of benzene rings is 1. The zero-order valence-electron chi connectivity index (χ0n) is 17.0. The van der Waals surface area contributed by atoms with E-state index >= 15 is 0 Å². The van der Waals surface area contributed by atoms with Crippen molar-refractivity contribution in [3.05, 3.63) is 58.8 Å². The lowest BCUT2D eigenvalue weighted by atomic mass is 9.85. The molecule has 0 bridgehead atoms. The Kier molecular flexibility index (Phi) is 4.72. The molecular weight excluding hydrogens is 336 g/mol. The van der Waals surface area contributed by atoms with Gasteiger partial charge in [0, 0.05) is 44.8 Å². The Morgan fingerprint density at radius 2 is 2.00 bits per heavy atom. The number of hydrogen-bond donors (Lipinski definition) is 1. The molecule has 2 N–H and O–H groups in total. The molecule has 0 saturated heterocycles. The summed E-state index contributed by atoms with van der Waals surface area (Å²) < 4.78 is 0. The van der Waals surface area contributed by atoms with Crippen LogP contribution in [-0.4, -0.2) is 44.2 Å². The third-order valence-corrected chi connectivity index (χ3v) is 5.59. The second kappa shape index (κ2) is 6.72. The maximum atomic E-state index is 12.5. The summed E-state index contributed by atoms with van der Waals surface area (Å²) in [7, 11) is 5.66. The first-order valence-electron chi connectivity index (χ1n) is 9.13. The summed E-state index contributed by atoms with van der Waals surface area (Å²) in [6, 6.07) is 5.98. The smallest absolute Gasteiger partial charge is 0.236 e. The number of fused-ring (bicyclic) bond motifs is 1. The number of anilines is 1. The minimum Gasteiger partial charge on any atom is -0.398 e. The van der Waals surface area contributed by atoms with E-state index in [0.717, 1.165) is 34.6 Å². The molecule has 1 amide bonds. The van der Waals surface area contributed by atoms with Crippen molar-refractivity contribution in [2.24, 2.45) is 10.7 Å². The van der Waals surface area contributed by atoms with Crippen LogP contribution in [0, 0.1) is 0 Å². The molecule has 2 aliphatic rings. The van der Waals surface area contributed by atoms with E-state index in [9.17, 15) is 4.79 Å². The van der Waals surface area contributed by atoms with Gasteiger partial charge in [0.2, 0.25) is 5.91 Å². The number of likely N-dealkylation sites (N-methyl/N-ethyl adjacent to an activating group) is 2. The van der Waals surface area contributed by atoms with E-state index in [1.165, 1.54) is 5.70 Å². The standard InChI is InChI=1S/C22H28N4O/c1-14-11-16(9-10-25(14)5)19(24-4)13-18(23)15-7-8-17-20(12-15)26(6)21(27)22(17,2)3/h7-9,11-13H,10,23H2,1-6H3. The Balaban J connectivity index is 1.95. The van der Waals surface area contributed by atoms with E-state index in [1.54, 1.807) is 11.9 Å². The molecule has 0 radical (unpaired) electrons. The molecule has 5 nitrogen and oxygen atoms in total. The third-order valence-electron chi connectivity index (χ3n) is 5.59. The largest absolute Gasteiger partial charge is 0.398 e. The number of nitrogens with zero attached hydrogens (tertiary/aromatic N) is 3. The predicted molar refractivity (Wildman–Crippen MR) is 113 cm³/mol. The summed E-state index contributed by atoms with van der Waals surface area (Å²) in [5, 5.41) is 0. The monoisotopic (exact) mass is 364 g/mol. The number of allylic oxidation sites excluding steroid dienone is 4. The van der Waals surface area contributed by atoms with Crippen molar-refractivity contribution in [2.45, 2.75) is 26.2 Å². The highest BCUT2D eigenvalue weighted by molar-refractivity contribution is 6.14. The first-order chi connectivity index (χ1) is 12.7. The van der Waals surface area contributed by atoms with Crippen LogP contribution in [-0.2, 0) is 10.2 Å². The van der Waals surface area contributed by atoms with Gasteiger partial charge >= 0.3 is 0 Å². The van der Waals surface area contributed by atoms with Gasteiger partial charge in [-0.05, 0) is 55.7 Å². The van der Waals surface area contributed by atoms with Crippen LogP contribution in [0.2, 0.25) is 0 Å². The Bertz CT molecular complexity index is 918. The molecule has 2 heterocycles. The lowest BCUT2D eigenvalue weighted by molar-refractivity contribution is -0.121. The third kappa shape index (κ3) is 3.18. The van der Waals surface area contributed by atoms with Crippen molar-refractivity contribution >= 4 is 23.0 Å². The average molecular weight is 364 g/mol. The molecule has 27 heavy (non-hydrogen) atoms. The van der Waals surface area contributed by atoms with Crippen LogP contribution in [0.15, 0.2) is 52.7 Å². The van der Waals surface area contributed by atoms with Crippen LogP contribution in [0.1, 0.15) is 31.9 Å². The SMILES string of the molecule is CN=C(C=C(N)c1ccc2c(c1)N(C)C(=O)C2(C)C)C1=CCN(C)C(C)=C1. The Labute approximate surface area is 161 Å². The zero-order valence-corrected chi connectivity index (χ0v) is 17.0. The fourth-order valence-corrected chi connectivity index (χ4v) is 3.62. The summed E-state index contributed by atoms with van der Waals surface area (Å²) in [5.74, 6) is 0.102. The minimum absolute atomic E-state index is 0.102. The maximum Gasteiger partial charge on any atom is 0.236 e. The summed E-state index contributed by atoms with van der Waals surface area (Å²) in [6.45, 7) is 6.85. The molecular formula is C22H28N4O. The van der Waals surface area contributed by atoms with Gasteiger partial charge in [0.25, 0.3) is 0 Å².